The predicted octanol–water partition coefficient (Wildman–Crippen LogP) is 2.12. The summed E-state index contributed by atoms with van der Waals surface area (Å²) in [6.45, 7) is 3.89. The van der Waals surface area contributed by atoms with E-state index in [9.17, 15) is 9.59 Å². The van der Waals surface area contributed by atoms with Crippen LogP contribution in [0.5, 0.6) is 0 Å². The Bertz CT molecular complexity index is 421. The molecule has 15 heavy (non-hydrogen) atoms. The van der Waals surface area contributed by atoms with Crippen LogP contribution in [-0.4, -0.2) is 11.9 Å². The van der Waals surface area contributed by atoms with Crippen molar-refractivity contribution >= 4 is 11.9 Å². The van der Waals surface area contributed by atoms with Gasteiger partial charge in [-0.25, -0.2) is 4.79 Å². The minimum Gasteiger partial charge on any atom is -0.389 e. The van der Waals surface area contributed by atoms with Gasteiger partial charge in [0.2, 0.25) is 0 Å². The lowest BCUT2D eigenvalue weighted by atomic mass is 9.84. The van der Waals surface area contributed by atoms with E-state index in [1.165, 1.54) is 0 Å². The van der Waals surface area contributed by atoms with E-state index in [1.54, 1.807) is 12.1 Å². The van der Waals surface area contributed by atoms with Crippen LogP contribution in [0.15, 0.2) is 24.3 Å². The van der Waals surface area contributed by atoms with E-state index in [4.69, 9.17) is 4.74 Å². The van der Waals surface area contributed by atoms with E-state index in [0.717, 1.165) is 5.56 Å². The summed E-state index contributed by atoms with van der Waals surface area (Å²) in [5.74, 6) is -1.16. The van der Waals surface area contributed by atoms with Gasteiger partial charge in [-0.1, -0.05) is 32.0 Å². The van der Waals surface area contributed by atoms with Gasteiger partial charge in [0.25, 0.3) is 0 Å². The van der Waals surface area contributed by atoms with E-state index in [0.29, 0.717) is 5.56 Å². The maximum absolute atomic E-state index is 11.6. The van der Waals surface area contributed by atoms with Gasteiger partial charge in [-0.15, -0.1) is 0 Å². The Morgan fingerprint density at radius 2 is 1.87 bits per heavy atom. The maximum Gasteiger partial charge on any atom is 0.346 e. The molecule has 0 saturated carbocycles. The second-order valence-electron chi connectivity index (χ2n) is 4.02. The number of ether oxygens (including phenoxy) is 1. The van der Waals surface area contributed by atoms with Crippen molar-refractivity contribution in [2.75, 3.05) is 0 Å². The average molecular weight is 204 g/mol. The number of carbonyl (C=O) groups is 2. The lowest BCUT2D eigenvalue weighted by Gasteiger charge is -2.25. The topological polar surface area (TPSA) is 43.4 Å². The first-order valence-electron chi connectivity index (χ1n) is 4.96. The SMILES string of the molecule is CC(C)[C@@H]1C(=O)OC(=O)c2ccccc21. The zero-order valence-corrected chi connectivity index (χ0v) is 8.69. The second kappa shape index (κ2) is 3.50. The Balaban J connectivity index is 2.56. The van der Waals surface area contributed by atoms with Crippen molar-refractivity contribution in [3.05, 3.63) is 35.4 Å². The molecule has 0 saturated heterocycles. The number of hydrogen-bond acceptors (Lipinski definition) is 3. The molecule has 0 spiro atoms. The summed E-state index contributed by atoms with van der Waals surface area (Å²) in [6, 6.07) is 7.12. The molecule has 1 atom stereocenters. The van der Waals surface area contributed by atoms with Gasteiger partial charge in [0.1, 0.15) is 0 Å². The van der Waals surface area contributed by atoms with Gasteiger partial charge in [-0.3, -0.25) is 4.79 Å². The Hall–Kier alpha value is -1.64. The Morgan fingerprint density at radius 3 is 2.53 bits per heavy atom. The van der Waals surface area contributed by atoms with Crippen LogP contribution in [0.2, 0.25) is 0 Å². The molecule has 0 N–H and O–H groups in total. The van der Waals surface area contributed by atoms with Gasteiger partial charge in [0.05, 0.1) is 11.5 Å². The third-order valence-corrected chi connectivity index (χ3v) is 2.63. The highest BCUT2D eigenvalue weighted by Gasteiger charge is 2.35. The molecule has 0 aliphatic carbocycles. The number of carbonyl (C=O) groups excluding carboxylic acids is 2. The standard InChI is InChI=1S/C12H12O3/c1-7(2)10-8-5-3-4-6-9(8)11(13)15-12(10)14/h3-7,10H,1-2H3/t10-/m0/s1. The smallest absolute Gasteiger partial charge is 0.346 e. The minimum absolute atomic E-state index is 0.131. The highest BCUT2D eigenvalue weighted by Crippen LogP contribution is 2.32. The first-order chi connectivity index (χ1) is 7.11. The molecule has 3 nitrogen and oxygen atoms in total. The fraction of sp³-hybridized carbons (Fsp3) is 0.333. The maximum atomic E-state index is 11.6. The molecule has 78 valence electrons. The first kappa shape index (κ1) is 9.90. The summed E-state index contributed by atoms with van der Waals surface area (Å²) in [6.07, 6.45) is 0. The van der Waals surface area contributed by atoms with Crippen LogP contribution in [-0.2, 0) is 9.53 Å². The molecular weight excluding hydrogens is 192 g/mol. The van der Waals surface area contributed by atoms with Crippen LogP contribution in [0, 0.1) is 5.92 Å². The zero-order chi connectivity index (χ0) is 11.0. The molecule has 1 aromatic carbocycles. The fourth-order valence-electron chi connectivity index (χ4n) is 1.92. The van der Waals surface area contributed by atoms with Gasteiger partial charge in [-0.05, 0) is 17.5 Å². The van der Waals surface area contributed by atoms with Crippen LogP contribution in [0.4, 0.5) is 0 Å². The van der Waals surface area contributed by atoms with Crippen LogP contribution in [0.1, 0.15) is 35.7 Å². The van der Waals surface area contributed by atoms with Gasteiger partial charge in [0.15, 0.2) is 0 Å². The number of rotatable bonds is 1. The summed E-state index contributed by atoms with van der Waals surface area (Å²) in [5, 5.41) is 0. The molecule has 1 aliphatic rings. The van der Waals surface area contributed by atoms with Crippen LogP contribution in [0.3, 0.4) is 0 Å². The molecule has 1 aliphatic heterocycles. The molecule has 0 fully saturated rings. The van der Waals surface area contributed by atoms with Crippen molar-refractivity contribution in [2.45, 2.75) is 19.8 Å². The average Bonchev–Trinajstić information content (AvgIpc) is 2.17. The number of hydrogen-bond donors (Lipinski definition) is 0. The van der Waals surface area contributed by atoms with Gasteiger partial charge >= 0.3 is 11.9 Å². The number of benzene rings is 1. The molecule has 0 radical (unpaired) electrons. The molecule has 0 bridgehead atoms. The van der Waals surface area contributed by atoms with Crippen LogP contribution in [0.25, 0.3) is 0 Å². The van der Waals surface area contributed by atoms with Gasteiger partial charge < -0.3 is 4.74 Å². The van der Waals surface area contributed by atoms with E-state index < -0.39 is 11.9 Å². The van der Waals surface area contributed by atoms with Crippen LogP contribution >= 0.6 is 0 Å². The minimum atomic E-state index is -0.535. The molecular formula is C12H12O3. The van der Waals surface area contributed by atoms with E-state index in [-0.39, 0.29) is 11.8 Å². The summed E-state index contributed by atoms with van der Waals surface area (Å²) >= 11 is 0. The second-order valence-corrected chi connectivity index (χ2v) is 4.02. The van der Waals surface area contributed by atoms with Crippen LogP contribution < -0.4 is 0 Å². The predicted molar refractivity (Wildman–Crippen MR) is 54.4 cm³/mol. The Morgan fingerprint density at radius 1 is 1.20 bits per heavy atom. The van der Waals surface area contributed by atoms with Crippen molar-refractivity contribution in [1.82, 2.24) is 0 Å². The third-order valence-electron chi connectivity index (χ3n) is 2.63. The molecule has 0 amide bonds. The third kappa shape index (κ3) is 1.54. The van der Waals surface area contributed by atoms with E-state index in [2.05, 4.69) is 0 Å². The number of fused-ring (bicyclic) bond motifs is 1. The lowest BCUT2D eigenvalue weighted by Crippen LogP contribution is -2.30. The molecule has 1 heterocycles. The highest BCUT2D eigenvalue weighted by atomic mass is 16.6. The van der Waals surface area contributed by atoms with E-state index in [1.807, 2.05) is 26.0 Å². The number of esters is 2. The summed E-state index contributed by atoms with van der Waals surface area (Å²) in [7, 11) is 0. The monoisotopic (exact) mass is 204 g/mol. The molecule has 2 rings (SSSR count). The van der Waals surface area contributed by atoms with Crippen molar-refractivity contribution in [3.63, 3.8) is 0 Å². The quantitative estimate of drug-likeness (QED) is 0.520. The largest absolute Gasteiger partial charge is 0.389 e. The fourth-order valence-corrected chi connectivity index (χ4v) is 1.92. The summed E-state index contributed by atoms with van der Waals surface area (Å²) in [5.41, 5.74) is 1.30. The Kier molecular flexibility index (Phi) is 2.31. The first-order valence-corrected chi connectivity index (χ1v) is 4.96. The van der Waals surface area contributed by atoms with Crippen molar-refractivity contribution < 1.29 is 14.3 Å². The molecule has 3 heteroatoms. The van der Waals surface area contributed by atoms with Gasteiger partial charge in [-0.2, -0.15) is 0 Å². The highest BCUT2D eigenvalue weighted by molar-refractivity contribution is 6.04. The molecule has 1 aromatic rings. The normalized spacial score (nSPS) is 20.1. The van der Waals surface area contributed by atoms with Crippen molar-refractivity contribution in [1.29, 1.82) is 0 Å². The molecule has 0 aromatic heterocycles. The lowest BCUT2D eigenvalue weighted by molar-refractivity contribution is -0.141. The van der Waals surface area contributed by atoms with Crippen molar-refractivity contribution in [3.8, 4) is 0 Å². The van der Waals surface area contributed by atoms with Gasteiger partial charge in [0, 0.05) is 0 Å². The zero-order valence-electron chi connectivity index (χ0n) is 8.69. The summed E-state index contributed by atoms with van der Waals surface area (Å²) < 4.78 is 4.71. The van der Waals surface area contributed by atoms with E-state index >= 15 is 0 Å². The summed E-state index contributed by atoms with van der Waals surface area (Å²) in [4.78, 5) is 23.0. The number of cyclic esters (lactones) is 2. The van der Waals surface area contributed by atoms with Crippen molar-refractivity contribution in [2.24, 2.45) is 5.92 Å². The Labute approximate surface area is 88.1 Å². The molecule has 0 unspecified atom stereocenters.